The van der Waals surface area contributed by atoms with Gasteiger partial charge in [0, 0.05) is 30.9 Å². The van der Waals surface area contributed by atoms with Gasteiger partial charge in [0.25, 0.3) is 6.43 Å². The van der Waals surface area contributed by atoms with Gasteiger partial charge in [-0.3, -0.25) is 10.00 Å². The van der Waals surface area contributed by atoms with Crippen LogP contribution in [0, 0.1) is 0 Å². The highest BCUT2D eigenvalue weighted by atomic mass is 32.2. The Morgan fingerprint density at radius 2 is 2.13 bits per heavy atom. The molecule has 0 amide bonds. The van der Waals surface area contributed by atoms with Crippen LogP contribution >= 0.6 is 0 Å². The molecule has 0 radical (unpaired) electrons. The number of halogens is 2. The van der Waals surface area contributed by atoms with E-state index in [1.807, 2.05) is 4.90 Å². The number of hydrogen-bond donors (Lipinski definition) is 3. The number of anilines is 1. The minimum atomic E-state index is -2.66. The molecule has 2 N–H and O–H groups in total. The second-order valence-electron chi connectivity index (χ2n) is 6.83. The maximum absolute atomic E-state index is 12.8. The maximum Gasteiger partial charge on any atom is 0.272 e. The number of rotatable bonds is 8. The Morgan fingerprint density at radius 1 is 1.33 bits per heavy atom. The lowest BCUT2D eigenvalue weighted by molar-refractivity contribution is 0.0825. The van der Waals surface area contributed by atoms with Gasteiger partial charge in [-0.05, 0) is 12.8 Å². The summed E-state index contributed by atoms with van der Waals surface area (Å²) in [5, 5.41) is 14.0. The van der Waals surface area contributed by atoms with Gasteiger partial charge in [0.1, 0.15) is 18.6 Å². The third-order valence-corrected chi connectivity index (χ3v) is 5.34. The number of alkyl halides is 2. The van der Waals surface area contributed by atoms with E-state index in [9.17, 15) is 17.2 Å². The van der Waals surface area contributed by atoms with Crippen molar-refractivity contribution in [2.45, 2.75) is 25.3 Å². The van der Waals surface area contributed by atoms with Gasteiger partial charge in [-0.1, -0.05) is 0 Å². The Morgan fingerprint density at radius 3 is 2.80 bits per heavy atom. The Bertz CT molecular complexity index is 1060. The minimum absolute atomic E-state index is 0.0575. The number of piperidine rings is 1. The number of aromatic amines is 1. The summed E-state index contributed by atoms with van der Waals surface area (Å²) in [6, 6.07) is 0.0647. The molecule has 1 aliphatic rings. The number of likely N-dealkylation sites (tertiary alicyclic amines) is 1. The molecule has 0 aliphatic carbocycles. The third-order valence-electron chi connectivity index (χ3n) is 4.71. The molecule has 1 aliphatic heterocycles. The molecule has 14 heteroatoms. The van der Waals surface area contributed by atoms with Crippen molar-refractivity contribution in [3.63, 3.8) is 0 Å². The Hall–Kier alpha value is -2.87. The fourth-order valence-electron chi connectivity index (χ4n) is 3.33. The van der Waals surface area contributed by atoms with Crippen molar-refractivity contribution in [1.29, 1.82) is 0 Å². The molecular formula is C16H20F2N8O3S. The predicted molar refractivity (Wildman–Crippen MR) is 103 cm³/mol. The molecule has 1 fully saturated rings. The summed E-state index contributed by atoms with van der Waals surface area (Å²) >= 11 is 0. The van der Waals surface area contributed by atoms with E-state index in [0.29, 0.717) is 30.3 Å². The number of nitrogens with zero attached hydrogens (tertiary/aromatic N) is 6. The predicted octanol–water partition coefficient (Wildman–Crippen LogP) is 0.604. The molecule has 0 atom stereocenters. The first-order valence-electron chi connectivity index (χ1n) is 9.25. The average molecular weight is 442 g/mol. The van der Waals surface area contributed by atoms with Crippen LogP contribution in [0.5, 0.6) is 5.75 Å². The first kappa shape index (κ1) is 20.4. The summed E-state index contributed by atoms with van der Waals surface area (Å²) in [4.78, 5) is 10.5. The molecule has 11 nitrogen and oxygen atoms in total. The molecule has 4 rings (SSSR count). The molecule has 0 saturated carbocycles. The summed E-state index contributed by atoms with van der Waals surface area (Å²) in [6.45, 7) is 0.481. The van der Waals surface area contributed by atoms with E-state index in [1.54, 1.807) is 6.20 Å². The number of ether oxygens (including phenoxy) is 1. The molecule has 4 heterocycles. The van der Waals surface area contributed by atoms with E-state index in [2.05, 4.69) is 30.6 Å². The number of hydrogen-bond acceptors (Lipinski definition) is 9. The van der Waals surface area contributed by atoms with Crippen LogP contribution in [0.4, 0.5) is 14.7 Å². The van der Waals surface area contributed by atoms with Crippen LogP contribution in [-0.4, -0.2) is 81.1 Å². The van der Waals surface area contributed by atoms with Crippen LogP contribution in [0.25, 0.3) is 16.9 Å². The molecule has 3 aromatic heterocycles. The molecule has 0 spiro atoms. The molecule has 162 valence electrons. The lowest BCUT2D eigenvalue weighted by Crippen LogP contribution is -2.40. The van der Waals surface area contributed by atoms with Gasteiger partial charge in [-0.2, -0.15) is 14.6 Å². The minimum Gasteiger partial charge on any atom is -0.481 e. The first-order valence-corrected chi connectivity index (χ1v) is 10.6. The number of H-pyrrole nitrogens is 1. The standard InChI is InChI=1S/C16H20F2N8O3S/c17-12(18)7-29-14-13(10-5-20-21-6-10)19-8-26-15(14)23-16(24-26)22-11-1-3-25(4-2-11)9-30(27)28/h5-6,8,11-12,30H,1-4,7,9H2,(H,20,21)(H,22,24). The SMILES string of the molecule is O=[SH](=O)CN1CCC(Nc2nc3c(OCC(F)F)c(-c4cn[nH]c4)ncn3n2)CC1. The van der Waals surface area contributed by atoms with E-state index in [-0.39, 0.29) is 23.3 Å². The third kappa shape index (κ3) is 4.64. The zero-order valence-electron chi connectivity index (χ0n) is 15.7. The van der Waals surface area contributed by atoms with E-state index in [0.717, 1.165) is 12.8 Å². The summed E-state index contributed by atoms with van der Waals surface area (Å²) < 4.78 is 53.9. The largest absolute Gasteiger partial charge is 0.481 e. The normalized spacial score (nSPS) is 16.0. The molecule has 30 heavy (non-hydrogen) atoms. The van der Waals surface area contributed by atoms with E-state index < -0.39 is 23.7 Å². The molecule has 0 bridgehead atoms. The topological polar surface area (TPSA) is 130 Å². The smallest absolute Gasteiger partial charge is 0.272 e. The Labute approximate surface area is 171 Å². The van der Waals surface area contributed by atoms with Crippen LogP contribution in [0.15, 0.2) is 18.7 Å². The highest BCUT2D eigenvalue weighted by Gasteiger charge is 2.23. The van der Waals surface area contributed by atoms with Crippen molar-refractivity contribution in [2.75, 3.05) is 30.9 Å². The second kappa shape index (κ2) is 8.87. The van der Waals surface area contributed by atoms with Crippen molar-refractivity contribution < 1.29 is 21.9 Å². The molecule has 0 unspecified atom stereocenters. The lowest BCUT2D eigenvalue weighted by Gasteiger charge is -2.30. The fourth-order valence-corrected chi connectivity index (χ4v) is 3.94. The van der Waals surface area contributed by atoms with E-state index in [4.69, 9.17) is 4.74 Å². The zero-order chi connectivity index (χ0) is 21.1. The molecule has 1 saturated heterocycles. The van der Waals surface area contributed by atoms with Gasteiger partial charge in [-0.15, -0.1) is 5.10 Å². The van der Waals surface area contributed by atoms with Crippen molar-refractivity contribution in [1.82, 2.24) is 34.7 Å². The van der Waals surface area contributed by atoms with E-state index in [1.165, 1.54) is 17.0 Å². The van der Waals surface area contributed by atoms with Gasteiger partial charge in [-0.25, -0.2) is 22.2 Å². The quantitative estimate of drug-likeness (QED) is 0.429. The van der Waals surface area contributed by atoms with Crippen LogP contribution < -0.4 is 10.1 Å². The highest BCUT2D eigenvalue weighted by molar-refractivity contribution is 7.72. The maximum atomic E-state index is 12.8. The molecule has 3 aromatic rings. The first-order chi connectivity index (χ1) is 14.5. The lowest BCUT2D eigenvalue weighted by atomic mass is 10.1. The Balaban J connectivity index is 1.55. The summed E-state index contributed by atoms with van der Waals surface area (Å²) in [5.41, 5.74) is 1.16. The van der Waals surface area contributed by atoms with Gasteiger partial charge in [0.05, 0.1) is 12.1 Å². The molecular weight excluding hydrogens is 422 g/mol. The second-order valence-corrected chi connectivity index (χ2v) is 7.77. The summed E-state index contributed by atoms with van der Waals surface area (Å²) in [7, 11) is -2.43. The fraction of sp³-hybridized carbons (Fsp3) is 0.500. The van der Waals surface area contributed by atoms with Crippen LogP contribution in [0.3, 0.4) is 0 Å². The van der Waals surface area contributed by atoms with Crippen molar-refractivity contribution in [3.8, 4) is 17.0 Å². The zero-order valence-corrected chi connectivity index (χ0v) is 16.6. The van der Waals surface area contributed by atoms with Crippen molar-refractivity contribution in [2.24, 2.45) is 0 Å². The van der Waals surface area contributed by atoms with E-state index >= 15 is 0 Å². The molecule has 0 aromatic carbocycles. The summed E-state index contributed by atoms with van der Waals surface area (Å²) in [5.74, 6) is 0.465. The number of aromatic nitrogens is 6. The van der Waals surface area contributed by atoms with Crippen LogP contribution in [0.2, 0.25) is 0 Å². The number of fused-ring (bicyclic) bond motifs is 1. The van der Waals surface area contributed by atoms with Crippen LogP contribution in [0.1, 0.15) is 12.8 Å². The summed E-state index contributed by atoms with van der Waals surface area (Å²) in [6.07, 6.45) is 3.31. The Kier molecular flexibility index (Phi) is 6.03. The van der Waals surface area contributed by atoms with Crippen LogP contribution in [-0.2, 0) is 10.7 Å². The van der Waals surface area contributed by atoms with Gasteiger partial charge >= 0.3 is 0 Å². The number of thiol groups is 1. The van der Waals surface area contributed by atoms with Gasteiger partial charge in [0.15, 0.2) is 16.5 Å². The number of nitrogens with one attached hydrogen (secondary N) is 2. The average Bonchev–Trinajstić information content (AvgIpc) is 3.36. The monoisotopic (exact) mass is 442 g/mol. The van der Waals surface area contributed by atoms with Crippen molar-refractivity contribution in [3.05, 3.63) is 18.7 Å². The van der Waals surface area contributed by atoms with Gasteiger partial charge in [0.2, 0.25) is 11.6 Å². The highest BCUT2D eigenvalue weighted by Crippen LogP contribution is 2.31. The van der Waals surface area contributed by atoms with Gasteiger partial charge < -0.3 is 10.1 Å². The van der Waals surface area contributed by atoms with Crippen molar-refractivity contribution >= 4 is 22.3 Å².